The smallest absolute Gasteiger partial charge is 0.242 e. The monoisotopic (exact) mass is 391 g/mol. The molecule has 1 fully saturated rings. The fraction of sp³-hybridized carbons (Fsp3) is 0.304. The fourth-order valence-corrected chi connectivity index (χ4v) is 3.90. The number of methoxy groups -OCH3 is 1. The van der Waals surface area contributed by atoms with Crippen LogP contribution in [0.4, 0.5) is 5.69 Å². The summed E-state index contributed by atoms with van der Waals surface area (Å²) >= 11 is 0. The number of nitrogens with zero attached hydrogens (tertiary/aromatic N) is 3. The quantitative estimate of drug-likeness (QED) is 0.686. The van der Waals surface area contributed by atoms with Crippen molar-refractivity contribution in [2.24, 2.45) is 0 Å². The van der Waals surface area contributed by atoms with E-state index in [1.54, 1.807) is 13.3 Å². The Morgan fingerprint density at radius 3 is 2.55 bits per heavy atom. The van der Waals surface area contributed by atoms with Crippen molar-refractivity contribution >= 4 is 22.5 Å². The van der Waals surface area contributed by atoms with Crippen molar-refractivity contribution in [3.05, 3.63) is 70.5 Å². The van der Waals surface area contributed by atoms with Crippen LogP contribution < -0.4 is 15.1 Å². The van der Waals surface area contributed by atoms with E-state index in [4.69, 9.17) is 4.74 Å². The van der Waals surface area contributed by atoms with E-state index in [-0.39, 0.29) is 17.9 Å². The second kappa shape index (κ2) is 7.99. The summed E-state index contributed by atoms with van der Waals surface area (Å²) in [6.07, 6.45) is 1.71. The van der Waals surface area contributed by atoms with Crippen molar-refractivity contribution in [2.75, 3.05) is 38.2 Å². The Morgan fingerprint density at radius 1 is 1.03 bits per heavy atom. The molecule has 6 heteroatoms. The van der Waals surface area contributed by atoms with Crippen molar-refractivity contribution in [3.63, 3.8) is 0 Å². The Labute approximate surface area is 169 Å². The van der Waals surface area contributed by atoms with E-state index < -0.39 is 0 Å². The van der Waals surface area contributed by atoms with Gasteiger partial charge in [0, 0.05) is 43.8 Å². The summed E-state index contributed by atoms with van der Waals surface area (Å²) in [6.45, 7) is 5.03. The van der Waals surface area contributed by atoms with E-state index in [2.05, 4.69) is 4.90 Å². The summed E-state index contributed by atoms with van der Waals surface area (Å²) in [5, 5.41) is 0.654. The second-order valence-electron chi connectivity index (χ2n) is 7.37. The van der Waals surface area contributed by atoms with Crippen LogP contribution in [0.25, 0.3) is 10.9 Å². The van der Waals surface area contributed by atoms with Gasteiger partial charge in [-0.1, -0.05) is 23.8 Å². The summed E-state index contributed by atoms with van der Waals surface area (Å²) in [5.74, 6) is 0.914. The number of ether oxygens (including phenoxy) is 1. The molecule has 0 spiro atoms. The molecule has 0 N–H and O–H groups in total. The van der Waals surface area contributed by atoms with Crippen molar-refractivity contribution < 1.29 is 9.53 Å². The van der Waals surface area contributed by atoms with Gasteiger partial charge < -0.3 is 19.1 Å². The first-order valence-corrected chi connectivity index (χ1v) is 9.82. The number of aryl methyl sites for hydroxylation is 1. The first-order chi connectivity index (χ1) is 14.1. The van der Waals surface area contributed by atoms with E-state index in [1.165, 1.54) is 6.07 Å². The third-order valence-corrected chi connectivity index (χ3v) is 5.50. The number of para-hydroxylation sites is 2. The van der Waals surface area contributed by atoms with E-state index in [0.717, 1.165) is 35.6 Å². The van der Waals surface area contributed by atoms with Crippen LogP contribution >= 0.6 is 0 Å². The summed E-state index contributed by atoms with van der Waals surface area (Å²) in [4.78, 5) is 29.2. The Bertz CT molecular complexity index is 1100. The number of carbonyl (C=O) groups excluding carboxylic acids is 1. The topological polar surface area (TPSA) is 54.8 Å². The van der Waals surface area contributed by atoms with Crippen LogP contribution in [0.5, 0.6) is 5.75 Å². The number of carbonyl (C=O) groups is 1. The molecule has 0 radical (unpaired) electrons. The lowest BCUT2D eigenvalue weighted by atomic mass is 10.1. The van der Waals surface area contributed by atoms with Gasteiger partial charge in [-0.25, -0.2) is 0 Å². The van der Waals surface area contributed by atoms with E-state index in [1.807, 2.05) is 58.9 Å². The molecule has 1 aromatic heterocycles. The maximum absolute atomic E-state index is 12.9. The first-order valence-electron chi connectivity index (χ1n) is 9.82. The molecule has 0 bridgehead atoms. The van der Waals surface area contributed by atoms with Crippen LogP contribution in [-0.4, -0.2) is 48.7 Å². The van der Waals surface area contributed by atoms with Crippen LogP contribution in [0, 0.1) is 6.92 Å². The fourth-order valence-electron chi connectivity index (χ4n) is 3.90. The molecule has 6 nitrogen and oxygen atoms in total. The van der Waals surface area contributed by atoms with Gasteiger partial charge in [0.05, 0.1) is 18.3 Å². The van der Waals surface area contributed by atoms with Crippen LogP contribution in [0.2, 0.25) is 0 Å². The normalized spacial score (nSPS) is 14.3. The standard InChI is InChI=1S/C23H25N3O3/c1-17-7-8-19-18(15-17)21(27)9-10-26(19)16-23(28)25-13-11-24(12-14-25)20-5-3-4-6-22(20)29-2/h3-10,15H,11-14,16H2,1-2H3. The Morgan fingerprint density at radius 2 is 1.79 bits per heavy atom. The zero-order chi connectivity index (χ0) is 20.4. The van der Waals surface area contributed by atoms with Crippen molar-refractivity contribution in [1.29, 1.82) is 0 Å². The minimum absolute atomic E-state index is 0.0159. The molecule has 150 valence electrons. The molecular weight excluding hydrogens is 366 g/mol. The highest BCUT2D eigenvalue weighted by Gasteiger charge is 2.23. The predicted octanol–water partition coefficient (Wildman–Crippen LogP) is 2.67. The molecule has 1 saturated heterocycles. The molecular formula is C23H25N3O3. The summed E-state index contributed by atoms with van der Waals surface area (Å²) in [7, 11) is 1.68. The maximum Gasteiger partial charge on any atom is 0.242 e. The molecule has 1 amide bonds. The molecule has 3 aromatic rings. The lowest BCUT2D eigenvalue weighted by molar-refractivity contribution is -0.132. The van der Waals surface area contributed by atoms with Gasteiger partial charge in [0.15, 0.2) is 5.43 Å². The molecule has 1 aliphatic heterocycles. The number of rotatable bonds is 4. The Kier molecular flexibility index (Phi) is 5.25. The van der Waals surface area contributed by atoms with E-state index in [0.29, 0.717) is 18.5 Å². The van der Waals surface area contributed by atoms with Gasteiger partial charge in [0.2, 0.25) is 5.91 Å². The number of benzene rings is 2. The van der Waals surface area contributed by atoms with Crippen molar-refractivity contribution in [3.8, 4) is 5.75 Å². The van der Waals surface area contributed by atoms with E-state index >= 15 is 0 Å². The average Bonchev–Trinajstić information content (AvgIpc) is 2.76. The first kappa shape index (κ1) is 19.1. The molecule has 29 heavy (non-hydrogen) atoms. The molecule has 0 unspecified atom stereocenters. The van der Waals surface area contributed by atoms with Gasteiger partial charge >= 0.3 is 0 Å². The molecule has 0 atom stereocenters. The molecule has 2 heterocycles. The minimum Gasteiger partial charge on any atom is -0.495 e. The SMILES string of the molecule is COc1ccccc1N1CCN(C(=O)Cn2ccc(=O)c3cc(C)ccc32)CC1. The van der Waals surface area contributed by atoms with Crippen molar-refractivity contribution in [1.82, 2.24) is 9.47 Å². The third kappa shape index (κ3) is 3.83. The van der Waals surface area contributed by atoms with Gasteiger partial charge in [-0.15, -0.1) is 0 Å². The molecule has 0 saturated carbocycles. The Hall–Kier alpha value is -3.28. The number of pyridine rings is 1. The maximum atomic E-state index is 12.9. The van der Waals surface area contributed by atoms with Gasteiger partial charge in [0.25, 0.3) is 0 Å². The van der Waals surface area contributed by atoms with Gasteiger partial charge in [-0.3, -0.25) is 9.59 Å². The highest BCUT2D eigenvalue weighted by Crippen LogP contribution is 2.28. The van der Waals surface area contributed by atoms with Crippen LogP contribution in [-0.2, 0) is 11.3 Å². The highest BCUT2D eigenvalue weighted by atomic mass is 16.5. The number of aromatic nitrogens is 1. The lowest BCUT2D eigenvalue weighted by Gasteiger charge is -2.36. The van der Waals surface area contributed by atoms with Crippen LogP contribution in [0.3, 0.4) is 0 Å². The average molecular weight is 391 g/mol. The highest BCUT2D eigenvalue weighted by molar-refractivity contribution is 5.83. The number of fused-ring (bicyclic) bond motifs is 1. The van der Waals surface area contributed by atoms with E-state index in [9.17, 15) is 9.59 Å². The summed E-state index contributed by atoms with van der Waals surface area (Å²) < 4.78 is 7.33. The Balaban J connectivity index is 1.46. The number of hydrogen-bond donors (Lipinski definition) is 0. The summed E-state index contributed by atoms with van der Waals surface area (Å²) in [6, 6.07) is 15.3. The van der Waals surface area contributed by atoms with Crippen molar-refractivity contribution in [2.45, 2.75) is 13.5 Å². The molecule has 4 rings (SSSR count). The van der Waals surface area contributed by atoms with Crippen LogP contribution in [0.1, 0.15) is 5.56 Å². The summed E-state index contributed by atoms with van der Waals surface area (Å²) in [5.41, 5.74) is 2.87. The number of anilines is 1. The zero-order valence-corrected chi connectivity index (χ0v) is 16.8. The largest absolute Gasteiger partial charge is 0.495 e. The lowest BCUT2D eigenvalue weighted by Crippen LogP contribution is -2.49. The second-order valence-corrected chi connectivity index (χ2v) is 7.37. The number of hydrogen-bond acceptors (Lipinski definition) is 4. The predicted molar refractivity (Wildman–Crippen MR) is 115 cm³/mol. The number of amides is 1. The minimum atomic E-state index is -0.0159. The number of piperazine rings is 1. The third-order valence-electron chi connectivity index (χ3n) is 5.50. The van der Waals surface area contributed by atoms with Crippen LogP contribution in [0.15, 0.2) is 59.5 Å². The van der Waals surface area contributed by atoms with Gasteiger partial charge in [-0.05, 0) is 31.2 Å². The van der Waals surface area contributed by atoms with Gasteiger partial charge in [0.1, 0.15) is 12.3 Å². The molecule has 0 aliphatic carbocycles. The zero-order valence-electron chi connectivity index (χ0n) is 16.8. The molecule has 2 aromatic carbocycles. The molecule has 1 aliphatic rings. The van der Waals surface area contributed by atoms with Gasteiger partial charge in [-0.2, -0.15) is 0 Å².